The van der Waals surface area contributed by atoms with Crippen LogP contribution in [0, 0.1) is 11.6 Å². The van der Waals surface area contributed by atoms with Crippen LogP contribution in [0.3, 0.4) is 0 Å². The highest BCUT2D eigenvalue weighted by atomic mass is 32.2. The van der Waals surface area contributed by atoms with Crippen molar-refractivity contribution in [3.63, 3.8) is 0 Å². The molecule has 0 radical (unpaired) electrons. The lowest BCUT2D eigenvalue weighted by molar-refractivity contribution is 0.478. The molecule has 0 aliphatic carbocycles. The molecular weight excluding hydrogens is 242 g/mol. The first kappa shape index (κ1) is 14.4. The van der Waals surface area contributed by atoms with Crippen LogP contribution in [0.1, 0.15) is 31.9 Å². The summed E-state index contributed by atoms with van der Waals surface area (Å²) in [6.45, 7) is 4.19. The minimum Gasteiger partial charge on any atom is -0.271 e. The number of hydrazine groups is 1. The van der Waals surface area contributed by atoms with Crippen molar-refractivity contribution >= 4 is 11.8 Å². The third-order valence-corrected chi connectivity index (χ3v) is 4.11. The highest BCUT2D eigenvalue weighted by Crippen LogP contribution is 2.25. The van der Waals surface area contributed by atoms with Gasteiger partial charge in [0.05, 0.1) is 6.04 Å². The van der Waals surface area contributed by atoms with Gasteiger partial charge in [-0.25, -0.2) is 8.78 Å². The van der Waals surface area contributed by atoms with E-state index >= 15 is 0 Å². The van der Waals surface area contributed by atoms with Crippen LogP contribution in [0.5, 0.6) is 0 Å². The van der Waals surface area contributed by atoms with Crippen molar-refractivity contribution in [1.82, 2.24) is 5.43 Å². The molecule has 2 atom stereocenters. The molecule has 0 saturated heterocycles. The summed E-state index contributed by atoms with van der Waals surface area (Å²) >= 11 is 1.69. The van der Waals surface area contributed by atoms with E-state index in [-0.39, 0.29) is 11.6 Å². The maximum atomic E-state index is 13.6. The average Bonchev–Trinajstić information content (AvgIpc) is 2.34. The number of thioether (sulfide) groups is 1. The molecule has 1 aromatic rings. The zero-order valence-electron chi connectivity index (χ0n) is 10.0. The quantitative estimate of drug-likeness (QED) is 0.610. The molecule has 1 aromatic carbocycles. The van der Waals surface area contributed by atoms with Gasteiger partial charge in [0.15, 0.2) is 11.6 Å². The van der Waals surface area contributed by atoms with Gasteiger partial charge < -0.3 is 0 Å². The van der Waals surface area contributed by atoms with Crippen LogP contribution < -0.4 is 11.3 Å². The lowest BCUT2D eigenvalue weighted by Gasteiger charge is -2.18. The largest absolute Gasteiger partial charge is 0.271 e. The minimum atomic E-state index is -0.837. The molecule has 5 heteroatoms. The van der Waals surface area contributed by atoms with Gasteiger partial charge in [-0.1, -0.05) is 26.0 Å². The number of benzene rings is 1. The van der Waals surface area contributed by atoms with E-state index in [1.807, 2.05) is 0 Å². The molecule has 2 unspecified atom stereocenters. The molecule has 0 heterocycles. The van der Waals surface area contributed by atoms with Crippen LogP contribution in [0.2, 0.25) is 0 Å². The Bertz CT molecular complexity index is 360. The van der Waals surface area contributed by atoms with Crippen molar-refractivity contribution in [1.29, 1.82) is 0 Å². The zero-order chi connectivity index (χ0) is 12.8. The first-order valence-corrected chi connectivity index (χ1v) is 6.66. The molecule has 0 aromatic heterocycles. The van der Waals surface area contributed by atoms with Crippen LogP contribution in [-0.2, 0) is 0 Å². The number of hydrogen-bond acceptors (Lipinski definition) is 3. The van der Waals surface area contributed by atoms with E-state index in [0.29, 0.717) is 11.0 Å². The normalized spacial score (nSPS) is 14.6. The molecule has 3 N–H and O–H groups in total. The lowest BCUT2D eigenvalue weighted by Crippen LogP contribution is -2.31. The van der Waals surface area contributed by atoms with E-state index < -0.39 is 11.6 Å². The maximum Gasteiger partial charge on any atom is 0.163 e. The summed E-state index contributed by atoms with van der Waals surface area (Å²) in [6, 6.07) is 3.78. The molecule has 17 heavy (non-hydrogen) atoms. The topological polar surface area (TPSA) is 38.0 Å². The third-order valence-electron chi connectivity index (χ3n) is 2.68. The van der Waals surface area contributed by atoms with Crippen LogP contribution in [0.15, 0.2) is 18.2 Å². The molecule has 1 rings (SSSR count). The smallest absolute Gasteiger partial charge is 0.163 e. The summed E-state index contributed by atoms with van der Waals surface area (Å²) in [4.78, 5) is 0. The summed E-state index contributed by atoms with van der Waals surface area (Å²) < 4.78 is 26.7. The van der Waals surface area contributed by atoms with Gasteiger partial charge in [0.25, 0.3) is 0 Å². The van der Waals surface area contributed by atoms with Gasteiger partial charge >= 0.3 is 0 Å². The van der Waals surface area contributed by atoms with Crippen molar-refractivity contribution in [2.24, 2.45) is 5.84 Å². The average molecular weight is 260 g/mol. The molecule has 0 amide bonds. The summed E-state index contributed by atoms with van der Waals surface area (Å²) in [5, 5.41) is 0.475. The Morgan fingerprint density at radius 1 is 1.41 bits per heavy atom. The minimum absolute atomic E-state index is 0.281. The first-order chi connectivity index (χ1) is 8.10. The molecule has 96 valence electrons. The number of hydrogen-bond donors (Lipinski definition) is 2. The summed E-state index contributed by atoms with van der Waals surface area (Å²) in [5.74, 6) is 4.36. The fourth-order valence-electron chi connectivity index (χ4n) is 1.40. The molecule has 0 fully saturated rings. The van der Waals surface area contributed by atoms with E-state index in [0.717, 1.165) is 12.5 Å². The number of rotatable bonds is 6. The van der Waals surface area contributed by atoms with Crippen LogP contribution in [0.25, 0.3) is 0 Å². The standard InChI is InChI=1S/C12H18F2N2S/c1-3-8(2)17-7-11(16-15)9-5-4-6-10(13)12(9)14/h4-6,8,11,16H,3,7,15H2,1-2H3. The van der Waals surface area contributed by atoms with Crippen LogP contribution in [-0.4, -0.2) is 11.0 Å². The summed E-state index contributed by atoms with van der Waals surface area (Å²) in [6.07, 6.45) is 1.04. The second-order valence-electron chi connectivity index (χ2n) is 3.91. The van der Waals surface area contributed by atoms with Crippen LogP contribution in [0.4, 0.5) is 8.78 Å². The van der Waals surface area contributed by atoms with Crippen molar-refractivity contribution in [2.75, 3.05) is 5.75 Å². The van der Waals surface area contributed by atoms with Gasteiger partial charge in [0.1, 0.15) is 0 Å². The second-order valence-corrected chi connectivity index (χ2v) is 5.39. The Labute approximate surface area is 105 Å². The van der Waals surface area contributed by atoms with Crippen molar-refractivity contribution in [3.8, 4) is 0 Å². The molecule has 0 spiro atoms. The van der Waals surface area contributed by atoms with Gasteiger partial charge in [-0.3, -0.25) is 11.3 Å². The van der Waals surface area contributed by atoms with Gasteiger partial charge in [-0.05, 0) is 12.5 Å². The highest BCUT2D eigenvalue weighted by molar-refractivity contribution is 7.99. The van der Waals surface area contributed by atoms with E-state index in [9.17, 15) is 8.78 Å². The fourth-order valence-corrected chi connectivity index (χ4v) is 2.43. The summed E-state index contributed by atoms with van der Waals surface area (Å²) in [5.41, 5.74) is 2.82. The fraction of sp³-hybridized carbons (Fsp3) is 0.500. The Morgan fingerprint density at radius 2 is 2.12 bits per heavy atom. The van der Waals surface area contributed by atoms with Crippen LogP contribution >= 0.6 is 11.8 Å². The highest BCUT2D eigenvalue weighted by Gasteiger charge is 2.17. The number of nitrogens with two attached hydrogens (primary N) is 1. The Kier molecular flexibility index (Phi) is 5.88. The third kappa shape index (κ3) is 3.94. The van der Waals surface area contributed by atoms with Crippen molar-refractivity contribution in [2.45, 2.75) is 31.6 Å². The predicted octanol–water partition coefficient (Wildman–Crippen LogP) is 3.00. The monoisotopic (exact) mass is 260 g/mol. The number of halogens is 2. The van der Waals surface area contributed by atoms with E-state index in [2.05, 4.69) is 19.3 Å². The molecule has 0 bridgehead atoms. The lowest BCUT2D eigenvalue weighted by atomic mass is 10.1. The molecule has 0 aliphatic rings. The Balaban J connectivity index is 2.76. The maximum absolute atomic E-state index is 13.6. The Morgan fingerprint density at radius 3 is 2.71 bits per heavy atom. The molecular formula is C12H18F2N2S. The van der Waals surface area contributed by atoms with E-state index in [1.165, 1.54) is 6.07 Å². The van der Waals surface area contributed by atoms with E-state index in [4.69, 9.17) is 5.84 Å². The van der Waals surface area contributed by atoms with Crippen molar-refractivity contribution in [3.05, 3.63) is 35.4 Å². The van der Waals surface area contributed by atoms with E-state index in [1.54, 1.807) is 17.8 Å². The summed E-state index contributed by atoms with van der Waals surface area (Å²) in [7, 11) is 0. The first-order valence-electron chi connectivity index (χ1n) is 5.61. The second kappa shape index (κ2) is 6.93. The number of nitrogens with one attached hydrogen (secondary N) is 1. The molecule has 0 saturated carbocycles. The zero-order valence-corrected chi connectivity index (χ0v) is 10.9. The van der Waals surface area contributed by atoms with Gasteiger partial charge in [0.2, 0.25) is 0 Å². The predicted molar refractivity (Wildman–Crippen MR) is 68.6 cm³/mol. The van der Waals surface area contributed by atoms with Crippen molar-refractivity contribution < 1.29 is 8.78 Å². The van der Waals surface area contributed by atoms with Gasteiger partial charge in [0, 0.05) is 16.6 Å². The molecule has 0 aliphatic heterocycles. The Hall–Kier alpha value is -0.650. The molecule has 2 nitrogen and oxygen atoms in total. The van der Waals surface area contributed by atoms with Gasteiger partial charge in [-0.15, -0.1) is 0 Å². The van der Waals surface area contributed by atoms with Gasteiger partial charge in [-0.2, -0.15) is 11.8 Å². The SMILES string of the molecule is CCC(C)SCC(NN)c1cccc(F)c1F.